The van der Waals surface area contributed by atoms with Gasteiger partial charge >= 0.3 is 0 Å². The fourth-order valence-corrected chi connectivity index (χ4v) is 2.53. The molecule has 0 saturated heterocycles. The van der Waals surface area contributed by atoms with Crippen molar-refractivity contribution in [2.45, 2.75) is 39.7 Å². The molecule has 0 bridgehead atoms. The summed E-state index contributed by atoms with van der Waals surface area (Å²) in [6, 6.07) is 1.86. The third-order valence-electron chi connectivity index (χ3n) is 2.80. The number of aromatic nitrogens is 1. The first-order chi connectivity index (χ1) is 8.93. The number of pyridine rings is 1. The van der Waals surface area contributed by atoms with Crippen LogP contribution < -0.4 is 5.32 Å². The number of hydrogen-bond donors (Lipinski definition) is 1. The van der Waals surface area contributed by atoms with Crippen LogP contribution in [0.2, 0.25) is 0 Å². The minimum atomic E-state index is -0.433. The quantitative estimate of drug-likeness (QED) is 0.615. The van der Waals surface area contributed by atoms with E-state index in [1.165, 1.54) is 12.3 Å². The van der Waals surface area contributed by atoms with Gasteiger partial charge in [-0.05, 0) is 34.8 Å². The average molecular weight is 330 g/mol. The van der Waals surface area contributed by atoms with Gasteiger partial charge < -0.3 is 5.32 Å². The van der Waals surface area contributed by atoms with E-state index in [4.69, 9.17) is 0 Å². The van der Waals surface area contributed by atoms with E-state index in [0.717, 1.165) is 25.1 Å². The molecule has 1 aromatic heterocycles. The first-order valence-electron chi connectivity index (χ1n) is 6.46. The van der Waals surface area contributed by atoms with E-state index in [9.17, 15) is 10.1 Å². The molecule has 1 atom stereocenters. The van der Waals surface area contributed by atoms with Gasteiger partial charge in [0, 0.05) is 23.0 Å². The molecule has 1 N–H and O–H groups in total. The molecule has 6 heteroatoms. The normalized spacial score (nSPS) is 12.7. The van der Waals surface area contributed by atoms with Gasteiger partial charge in [0.15, 0.2) is 0 Å². The minimum absolute atomic E-state index is 0.0134. The predicted octanol–water partition coefficient (Wildman–Crippen LogP) is 3.32. The lowest BCUT2D eigenvalue weighted by Gasteiger charge is -2.20. The Bertz CT molecular complexity index is 438. The molecule has 0 fully saturated rings. The van der Waals surface area contributed by atoms with Gasteiger partial charge in [-0.2, -0.15) is 0 Å². The van der Waals surface area contributed by atoms with Crippen molar-refractivity contribution in [1.29, 1.82) is 0 Å². The van der Waals surface area contributed by atoms with Crippen LogP contribution in [0.5, 0.6) is 0 Å². The molecule has 1 heterocycles. The van der Waals surface area contributed by atoms with E-state index in [1.54, 1.807) is 0 Å². The Kier molecular flexibility index (Phi) is 6.37. The second kappa shape index (κ2) is 7.55. The SMILES string of the molecule is CCNC(Cc1ncc([N+](=O)[O-])cc1Br)CC(C)C. The highest BCUT2D eigenvalue weighted by Gasteiger charge is 2.16. The molecule has 0 radical (unpaired) electrons. The molecule has 0 aliphatic heterocycles. The molecular formula is C13H20BrN3O2. The highest BCUT2D eigenvalue weighted by atomic mass is 79.9. The summed E-state index contributed by atoms with van der Waals surface area (Å²) >= 11 is 3.37. The van der Waals surface area contributed by atoms with Crippen molar-refractivity contribution in [2.24, 2.45) is 5.92 Å². The molecule has 19 heavy (non-hydrogen) atoms. The van der Waals surface area contributed by atoms with E-state index in [1.807, 2.05) is 0 Å². The van der Waals surface area contributed by atoms with Gasteiger partial charge in [0.1, 0.15) is 6.20 Å². The van der Waals surface area contributed by atoms with Crippen molar-refractivity contribution < 1.29 is 4.92 Å². The van der Waals surface area contributed by atoms with Gasteiger partial charge in [-0.25, -0.2) is 0 Å². The van der Waals surface area contributed by atoms with Crippen LogP contribution in [0.25, 0.3) is 0 Å². The zero-order valence-electron chi connectivity index (χ0n) is 11.5. The fraction of sp³-hybridized carbons (Fsp3) is 0.615. The van der Waals surface area contributed by atoms with Gasteiger partial charge in [0.25, 0.3) is 5.69 Å². The zero-order valence-corrected chi connectivity index (χ0v) is 13.1. The summed E-state index contributed by atoms with van der Waals surface area (Å²) in [6.45, 7) is 7.35. The number of nitrogens with one attached hydrogen (secondary N) is 1. The molecule has 0 saturated carbocycles. The average Bonchev–Trinajstić information content (AvgIpc) is 2.31. The number of rotatable bonds is 7. The first-order valence-corrected chi connectivity index (χ1v) is 7.25. The Hall–Kier alpha value is -1.01. The number of hydrogen-bond acceptors (Lipinski definition) is 4. The van der Waals surface area contributed by atoms with Crippen LogP contribution in [0.1, 0.15) is 32.9 Å². The molecule has 0 amide bonds. The van der Waals surface area contributed by atoms with Crippen molar-refractivity contribution >= 4 is 21.6 Å². The number of nitrogens with zero attached hydrogens (tertiary/aromatic N) is 2. The summed E-state index contributed by atoms with van der Waals surface area (Å²) in [5.74, 6) is 0.598. The standard InChI is InChI=1S/C13H20BrN3O2/c1-4-15-10(5-9(2)3)6-13-12(14)7-11(8-16-13)17(18)19/h7-10,15H,4-6H2,1-3H3. The number of nitro groups is 1. The van der Waals surface area contributed by atoms with Crippen LogP contribution >= 0.6 is 15.9 Å². The summed E-state index contributed by atoms with van der Waals surface area (Å²) in [5, 5.41) is 14.1. The minimum Gasteiger partial charge on any atom is -0.314 e. The monoisotopic (exact) mass is 329 g/mol. The summed E-state index contributed by atoms with van der Waals surface area (Å²) < 4.78 is 0.702. The van der Waals surface area contributed by atoms with E-state index in [-0.39, 0.29) is 5.69 Å². The molecule has 0 spiro atoms. The molecule has 5 nitrogen and oxygen atoms in total. The van der Waals surface area contributed by atoms with Crippen molar-refractivity contribution in [1.82, 2.24) is 10.3 Å². The van der Waals surface area contributed by atoms with Gasteiger partial charge in [0.2, 0.25) is 0 Å². The Morgan fingerprint density at radius 2 is 2.21 bits per heavy atom. The van der Waals surface area contributed by atoms with Crippen LogP contribution in [0.3, 0.4) is 0 Å². The molecule has 0 aliphatic carbocycles. The van der Waals surface area contributed by atoms with Crippen LogP contribution in [0.4, 0.5) is 5.69 Å². The zero-order chi connectivity index (χ0) is 14.4. The first kappa shape index (κ1) is 16.0. The van der Waals surface area contributed by atoms with E-state index in [2.05, 4.69) is 47.0 Å². The smallest absolute Gasteiger partial charge is 0.288 e. The molecule has 1 aromatic rings. The van der Waals surface area contributed by atoms with Gasteiger partial charge in [-0.15, -0.1) is 0 Å². The van der Waals surface area contributed by atoms with Crippen molar-refractivity contribution in [3.63, 3.8) is 0 Å². The van der Waals surface area contributed by atoms with Crippen LogP contribution in [0, 0.1) is 16.0 Å². The lowest BCUT2D eigenvalue weighted by atomic mass is 9.99. The van der Waals surface area contributed by atoms with Gasteiger partial charge in [0.05, 0.1) is 10.6 Å². The summed E-state index contributed by atoms with van der Waals surface area (Å²) in [6.07, 6.45) is 3.14. The number of halogens is 1. The summed E-state index contributed by atoms with van der Waals surface area (Å²) in [7, 11) is 0. The molecule has 0 aliphatic rings. The molecule has 1 unspecified atom stereocenters. The lowest BCUT2D eigenvalue weighted by Crippen LogP contribution is -2.32. The maximum Gasteiger partial charge on any atom is 0.288 e. The third kappa shape index (κ3) is 5.24. The molecule has 106 valence electrons. The third-order valence-corrected chi connectivity index (χ3v) is 3.49. The Labute approximate surface area is 122 Å². The lowest BCUT2D eigenvalue weighted by molar-refractivity contribution is -0.385. The van der Waals surface area contributed by atoms with Crippen LogP contribution in [-0.2, 0) is 6.42 Å². The van der Waals surface area contributed by atoms with Crippen molar-refractivity contribution in [3.8, 4) is 0 Å². The topological polar surface area (TPSA) is 68.1 Å². The van der Waals surface area contributed by atoms with Crippen LogP contribution in [0.15, 0.2) is 16.7 Å². The second-order valence-electron chi connectivity index (χ2n) is 4.97. The Morgan fingerprint density at radius 1 is 1.53 bits per heavy atom. The summed E-state index contributed by atoms with van der Waals surface area (Å²) in [5.41, 5.74) is 0.872. The predicted molar refractivity (Wildman–Crippen MR) is 79.2 cm³/mol. The van der Waals surface area contributed by atoms with Crippen molar-refractivity contribution in [2.75, 3.05) is 6.54 Å². The molecule has 0 aromatic carbocycles. The van der Waals surface area contributed by atoms with Crippen LogP contribution in [-0.4, -0.2) is 22.5 Å². The maximum absolute atomic E-state index is 10.7. The van der Waals surface area contributed by atoms with E-state index < -0.39 is 4.92 Å². The summed E-state index contributed by atoms with van der Waals surface area (Å²) in [4.78, 5) is 14.4. The van der Waals surface area contributed by atoms with Gasteiger partial charge in [-0.3, -0.25) is 15.1 Å². The highest BCUT2D eigenvalue weighted by Crippen LogP contribution is 2.22. The molecule has 1 rings (SSSR count). The largest absolute Gasteiger partial charge is 0.314 e. The Morgan fingerprint density at radius 3 is 2.68 bits per heavy atom. The fourth-order valence-electron chi connectivity index (χ4n) is 2.04. The molecular weight excluding hydrogens is 310 g/mol. The van der Waals surface area contributed by atoms with Gasteiger partial charge in [-0.1, -0.05) is 20.8 Å². The highest BCUT2D eigenvalue weighted by molar-refractivity contribution is 9.10. The van der Waals surface area contributed by atoms with E-state index >= 15 is 0 Å². The maximum atomic E-state index is 10.7. The van der Waals surface area contributed by atoms with E-state index in [0.29, 0.717) is 16.4 Å². The number of likely N-dealkylation sites (N-methyl/N-ethyl adjacent to an activating group) is 1. The Balaban J connectivity index is 2.81. The second-order valence-corrected chi connectivity index (χ2v) is 5.82. The van der Waals surface area contributed by atoms with Crippen molar-refractivity contribution in [3.05, 3.63) is 32.5 Å².